The van der Waals surface area contributed by atoms with Crippen LogP contribution in [0.5, 0.6) is 0 Å². The van der Waals surface area contributed by atoms with Crippen molar-refractivity contribution in [2.45, 2.75) is 18.3 Å². The van der Waals surface area contributed by atoms with E-state index in [1.54, 1.807) is 17.5 Å². The Morgan fingerprint density at radius 2 is 2.15 bits per heavy atom. The molecule has 5 nitrogen and oxygen atoms in total. The van der Waals surface area contributed by atoms with Crippen LogP contribution in [0, 0.1) is 0 Å². The number of halogens is 1. The topological polar surface area (TPSA) is 68.3 Å². The maximum atomic E-state index is 11.8. The second-order valence-electron chi connectivity index (χ2n) is 4.34. The van der Waals surface area contributed by atoms with E-state index in [2.05, 4.69) is 21.1 Å². The van der Waals surface area contributed by atoms with E-state index in [1.165, 1.54) is 16.3 Å². The Bertz CT molecular complexity index is 735. The Labute approximate surface area is 127 Å². The van der Waals surface area contributed by atoms with Crippen LogP contribution < -0.4 is 5.76 Å². The Hall–Kier alpha value is -1.31. The van der Waals surface area contributed by atoms with Gasteiger partial charge in [-0.15, -0.1) is 0 Å². The predicted octanol–water partition coefficient (Wildman–Crippen LogP) is 2.75. The number of hydrogen-bond donors (Lipinski definition) is 1. The van der Waals surface area contributed by atoms with Gasteiger partial charge in [-0.3, -0.25) is 4.52 Å². The minimum atomic E-state index is -1.43. The number of benzene rings is 1. The van der Waals surface area contributed by atoms with Crippen LogP contribution in [0.2, 0.25) is 0 Å². The minimum absolute atomic E-state index is 0.203. The van der Waals surface area contributed by atoms with Crippen LogP contribution in [0.3, 0.4) is 0 Å². The number of hydrogen-bond acceptors (Lipinski definition) is 5. The third-order valence-corrected chi connectivity index (χ3v) is 4.84. The SMILES string of the molecule is CCC1=CSC(O)(c2ccc(Br)cc2)c2noc(=O)n21. The minimum Gasteiger partial charge on any atom is -0.368 e. The van der Waals surface area contributed by atoms with Crippen molar-refractivity contribution in [3.63, 3.8) is 0 Å². The van der Waals surface area contributed by atoms with Gasteiger partial charge in [0.25, 0.3) is 0 Å². The first-order chi connectivity index (χ1) is 9.56. The maximum absolute atomic E-state index is 11.8. The van der Waals surface area contributed by atoms with Gasteiger partial charge in [0.15, 0.2) is 0 Å². The lowest BCUT2D eigenvalue weighted by Gasteiger charge is -2.29. The summed E-state index contributed by atoms with van der Waals surface area (Å²) in [6.07, 6.45) is 0.650. The van der Waals surface area contributed by atoms with Gasteiger partial charge in [0, 0.05) is 15.7 Å². The summed E-state index contributed by atoms with van der Waals surface area (Å²) in [7, 11) is 0. The average Bonchev–Trinajstić information content (AvgIpc) is 2.84. The van der Waals surface area contributed by atoms with E-state index in [1.807, 2.05) is 19.1 Å². The lowest BCUT2D eigenvalue weighted by atomic mass is 10.1. The van der Waals surface area contributed by atoms with Crippen LogP contribution in [0.1, 0.15) is 24.7 Å². The molecule has 1 aliphatic rings. The van der Waals surface area contributed by atoms with Gasteiger partial charge in [0.05, 0.1) is 0 Å². The summed E-state index contributed by atoms with van der Waals surface area (Å²) in [5.74, 6) is -0.377. The summed E-state index contributed by atoms with van der Waals surface area (Å²) < 4.78 is 6.97. The molecule has 0 amide bonds. The first kappa shape index (κ1) is 13.7. The van der Waals surface area contributed by atoms with E-state index < -0.39 is 10.7 Å². The second-order valence-corrected chi connectivity index (χ2v) is 6.32. The Kier molecular flexibility index (Phi) is 3.35. The zero-order valence-electron chi connectivity index (χ0n) is 10.5. The Morgan fingerprint density at radius 1 is 1.45 bits per heavy atom. The molecule has 1 unspecified atom stereocenters. The normalized spacial score (nSPS) is 21.4. The fourth-order valence-corrected chi connectivity index (χ4v) is 3.44. The molecule has 0 radical (unpaired) electrons. The van der Waals surface area contributed by atoms with E-state index >= 15 is 0 Å². The maximum Gasteiger partial charge on any atom is 0.446 e. The molecule has 1 N–H and O–H groups in total. The summed E-state index contributed by atoms with van der Waals surface area (Å²) in [6.45, 7) is 1.93. The number of rotatable bonds is 2. The quantitative estimate of drug-likeness (QED) is 0.897. The molecule has 7 heteroatoms. The van der Waals surface area contributed by atoms with Gasteiger partial charge in [-0.1, -0.05) is 51.9 Å². The lowest BCUT2D eigenvalue weighted by molar-refractivity contribution is 0.164. The van der Waals surface area contributed by atoms with Gasteiger partial charge in [0.1, 0.15) is 0 Å². The molecule has 1 atom stereocenters. The lowest BCUT2D eigenvalue weighted by Crippen LogP contribution is -2.32. The summed E-state index contributed by atoms with van der Waals surface area (Å²) in [6, 6.07) is 7.22. The van der Waals surface area contributed by atoms with Crippen molar-refractivity contribution in [1.29, 1.82) is 0 Å². The first-order valence-electron chi connectivity index (χ1n) is 6.01. The molecule has 2 heterocycles. The Balaban J connectivity index is 2.19. The molecule has 1 aliphatic heterocycles. The van der Waals surface area contributed by atoms with Gasteiger partial charge in [-0.05, 0) is 24.0 Å². The number of nitrogens with zero attached hydrogens (tertiary/aromatic N) is 2. The molecular formula is C13H11BrN2O3S. The third kappa shape index (κ3) is 1.97. The van der Waals surface area contributed by atoms with Crippen molar-refractivity contribution in [2.24, 2.45) is 0 Å². The highest BCUT2D eigenvalue weighted by molar-refractivity contribution is 9.10. The van der Waals surface area contributed by atoms with Gasteiger partial charge in [-0.2, -0.15) is 0 Å². The highest BCUT2D eigenvalue weighted by Crippen LogP contribution is 2.44. The molecule has 1 aromatic carbocycles. The smallest absolute Gasteiger partial charge is 0.368 e. The van der Waals surface area contributed by atoms with Crippen molar-refractivity contribution in [3.05, 3.63) is 56.1 Å². The fourth-order valence-electron chi connectivity index (χ4n) is 2.09. The van der Waals surface area contributed by atoms with Crippen molar-refractivity contribution >= 4 is 33.4 Å². The molecular weight excluding hydrogens is 344 g/mol. The largest absolute Gasteiger partial charge is 0.446 e. The summed E-state index contributed by atoms with van der Waals surface area (Å²) >= 11 is 4.56. The number of aliphatic hydroxyl groups is 1. The molecule has 0 saturated heterocycles. The van der Waals surface area contributed by atoms with Crippen molar-refractivity contribution in [2.75, 3.05) is 0 Å². The second kappa shape index (κ2) is 4.91. The van der Waals surface area contributed by atoms with Crippen LogP contribution in [-0.2, 0) is 4.93 Å². The van der Waals surface area contributed by atoms with Gasteiger partial charge >= 0.3 is 5.76 Å². The van der Waals surface area contributed by atoms with E-state index in [9.17, 15) is 9.90 Å². The van der Waals surface area contributed by atoms with E-state index in [4.69, 9.17) is 4.52 Å². The molecule has 0 fully saturated rings. The number of allylic oxidation sites excluding steroid dienone is 1. The zero-order valence-corrected chi connectivity index (χ0v) is 12.9. The summed E-state index contributed by atoms with van der Waals surface area (Å²) in [5.41, 5.74) is 1.40. The van der Waals surface area contributed by atoms with E-state index in [-0.39, 0.29) is 5.82 Å². The van der Waals surface area contributed by atoms with Gasteiger partial charge < -0.3 is 5.11 Å². The summed E-state index contributed by atoms with van der Waals surface area (Å²) in [4.78, 5) is 10.3. The van der Waals surface area contributed by atoms with Crippen LogP contribution in [-0.4, -0.2) is 14.8 Å². The number of aromatic nitrogens is 2. The van der Waals surface area contributed by atoms with Crippen LogP contribution in [0.25, 0.3) is 5.70 Å². The molecule has 2 aromatic rings. The molecule has 0 spiro atoms. The predicted molar refractivity (Wildman–Crippen MR) is 80.1 cm³/mol. The molecule has 0 aliphatic carbocycles. The molecule has 1 aromatic heterocycles. The molecule has 0 bridgehead atoms. The highest BCUT2D eigenvalue weighted by Gasteiger charge is 2.41. The van der Waals surface area contributed by atoms with Crippen LogP contribution >= 0.6 is 27.7 Å². The van der Waals surface area contributed by atoms with Gasteiger partial charge in [-0.25, -0.2) is 9.36 Å². The van der Waals surface area contributed by atoms with Gasteiger partial charge in [0.2, 0.25) is 10.8 Å². The van der Waals surface area contributed by atoms with Crippen molar-refractivity contribution in [3.8, 4) is 0 Å². The molecule has 0 saturated carbocycles. The fraction of sp³-hybridized carbons (Fsp3) is 0.231. The molecule has 20 heavy (non-hydrogen) atoms. The van der Waals surface area contributed by atoms with Crippen LogP contribution in [0.15, 0.2) is 43.5 Å². The van der Waals surface area contributed by atoms with Crippen molar-refractivity contribution in [1.82, 2.24) is 9.72 Å². The van der Waals surface area contributed by atoms with E-state index in [0.717, 1.165) is 10.2 Å². The molecule has 3 rings (SSSR count). The molecule has 104 valence electrons. The number of thioether (sulfide) groups is 1. The van der Waals surface area contributed by atoms with Crippen molar-refractivity contribution < 1.29 is 9.63 Å². The summed E-state index contributed by atoms with van der Waals surface area (Å²) in [5, 5.41) is 16.5. The zero-order chi connectivity index (χ0) is 14.3. The Morgan fingerprint density at radius 3 is 2.80 bits per heavy atom. The monoisotopic (exact) mass is 354 g/mol. The average molecular weight is 355 g/mol. The highest BCUT2D eigenvalue weighted by atomic mass is 79.9. The third-order valence-electron chi connectivity index (χ3n) is 3.16. The van der Waals surface area contributed by atoms with Crippen LogP contribution in [0.4, 0.5) is 0 Å². The number of fused-ring (bicyclic) bond motifs is 1. The first-order valence-corrected chi connectivity index (χ1v) is 7.68. The van der Waals surface area contributed by atoms with E-state index in [0.29, 0.717) is 12.0 Å². The standard InChI is InChI=1S/C13H11BrN2O3S/c1-2-10-7-20-13(18,8-3-5-9(14)6-4-8)11-15-19-12(17)16(10)11/h3-7,18H,2H2,1H3.